The van der Waals surface area contributed by atoms with Gasteiger partial charge in [-0.25, -0.2) is 9.37 Å². The van der Waals surface area contributed by atoms with E-state index in [1.54, 1.807) is 30.3 Å². The van der Waals surface area contributed by atoms with Gasteiger partial charge in [0.25, 0.3) is 5.56 Å². The minimum Gasteiger partial charge on any atom is -0.315 e. The molecular weight excluding hydrogens is 498 g/mol. The molecule has 1 unspecified atom stereocenters. The van der Waals surface area contributed by atoms with Crippen molar-refractivity contribution in [2.45, 2.75) is 19.0 Å². The van der Waals surface area contributed by atoms with Gasteiger partial charge in [-0.15, -0.1) is 0 Å². The van der Waals surface area contributed by atoms with Gasteiger partial charge in [-0.3, -0.25) is 9.36 Å². The Balaban J connectivity index is 1.70. The van der Waals surface area contributed by atoms with Crippen LogP contribution < -0.4 is 16.2 Å². The molecule has 0 aliphatic carbocycles. The van der Waals surface area contributed by atoms with E-state index in [1.165, 1.54) is 16.7 Å². The largest absolute Gasteiger partial charge is 0.315 e. The third kappa shape index (κ3) is 4.44. The SMILES string of the molecule is O=c1c2ccc(Cl)cc2nc(-c2cccc(CNC3CCNC3)c2Cl)n1-c1ccc(Cl)c(F)c1. The topological polar surface area (TPSA) is 59.0 Å². The fourth-order valence-electron chi connectivity index (χ4n) is 4.18. The van der Waals surface area contributed by atoms with Crippen LogP contribution in [0.5, 0.6) is 0 Å². The van der Waals surface area contributed by atoms with E-state index in [9.17, 15) is 9.18 Å². The lowest BCUT2D eigenvalue weighted by atomic mass is 10.1. The Morgan fingerprint density at radius 3 is 2.74 bits per heavy atom. The van der Waals surface area contributed by atoms with Crippen molar-refractivity contribution in [1.82, 2.24) is 20.2 Å². The summed E-state index contributed by atoms with van der Waals surface area (Å²) in [5.41, 5.74) is 1.79. The van der Waals surface area contributed by atoms with Crippen LogP contribution in [0.2, 0.25) is 15.1 Å². The predicted molar refractivity (Wildman–Crippen MR) is 136 cm³/mol. The van der Waals surface area contributed by atoms with Crippen LogP contribution in [-0.2, 0) is 6.54 Å². The first kappa shape index (κ1) is 23.3. The molecule has 1 atom stereocenters. The van der Waals surface area contributed by atoms with Crippen molar-refractivity contribution in [3.63, 3.8) is 0 Å². The quantitative estimate of drug-likeness (QED) is 0.362. The molecule has 1 saturated heterocycles. The lowest BCUT2D eigenvalue weighted by Crippen LogP contribution is -2.30. The molecule has 0 saturated carbocycles. The molecule has 4 aromatic rings. The molecule has 9 heteroatoms. The van der Waals surface area contributed by atoms with Crippen molar-refractivity contribution < 1.29 is 4.39 Å². The molecule has 1 aliphatic heterocycles. The number of rotatable bonds is 5. The average Bonchev–Trinajstić information content (AvgIpc) is 3.34. The molecule has 1 aromatic heterocycles. The maximum Gasteiger partial charge on any atom is 0.266 e. The Morgan fingerprint density at radius 1 is 1.12 bits per heavy atom. The van der Waals surface area contributed by atoms with Crippen molar-refractivity contribution in [2.75, 3.05) is 13.1 Å². The van der Waals surface area contributed by atoms with Gasteiger partial charge in [0, 0.05) is 29.7 Å². The average molecular weight is 518 g/mol. The smallest absolute Gasteiger partial charge is 0.266 e. The molecule has 1 aliphatic rings. The molecule has 3 aromatic carbocycles. The molecule has 174 valence electrons. The van der Waals surface area contributed by atoms with Gasteiger partial charge in [0.05, 0.1) is 26.6 Å². The summed E-state index contributed by atoms with van der Waals surface area (Å²) in [5.74, 6) is -0.349. The fraction of sp³-hybridized carbons (Fsp3) is 0.200. The highest BCUT2D eigenvalue weighted by Gasteiger charge is 2.20. The number of nitrogens with zero attached hydrogens (tertiary/aromatic N) is 2. The molecule has 1 fully saturated rings. The molecule has 5 nitrogen and oxygen atoms in total. The summed E-state index contributed by atoms with van der Waals surface area (Å²) in [7, 11) is 0. The highest BCUT2D eigenvalue weighted by Crippen LogP contribution is 2.32. The van der Waals surface area contributed by atoms with Gasteiger partial charge in [0.15, 0.2) is 0 Å². The lowest BCUT2D eigenvalue weighted by molar-refractivity contribution is 0.547. The van der Waals surface area contributed by atoms with Crippen molar-refractivity contribution in [3.8, 4) is 17.1 Å². The first-order chi connectivity index (χ1) is 16.4. The van der Waals surface area contributed by atoms with E-state index in [0.29, 0.717) is 44.8 Å². The summed E-state index contributed by atoms with van der Waals surface area (Å²) in [4.78, 5) is 18.3. The van der Waals surface area contributed by atoms with Crippen LogP contribution >= 0.6 is 34.8 Å². The zero-order valence-electron chi connectivity index (χ0n) is 17.9. The third-order valence-corrected chi connectivity index (χ3v) is 6.94. The minimum absolute atomic E-state index is 0.0358. The number of fused-ring (bicyclic) bond motifs is 1. The van der Waals surface area contributed by atoms with Gasteiger partial charge in [-0.2, -0.15) is 0 Å². The summed E-state index contributed by atoms with van der Waals surface area (Å²) in [6.45, 7) is 2.46. The van der Waals surface area contributed by atoms with E-state index in [0.717, 1.165) is 25.1 Å². The zero-order chi connectivity index (χ0) is 23.8. The summed E-state index contributed by atoms with van der Waals surface area (Å²) in [6, 6.07) is 15.0. The second-order valence-electron chi connectivity index (χ2n) is 8.19. The molecule has 0 spiro atoms. The Bertz CT molecular complexity index is 1450. The maximum atomic E-state index is 14.4. The number of benzene rings is 3. The molecule has 0 radical (unpaired) electrons. The van der Waals surface area contributed by atoms with Crippen molar-refractivity contribution >= 4 is 45.7 Å². The standard InChI is InChI=1S/C25H20Cl3FN4O/c26-15-4-6-18-22(10-15)32-24(33(25(18)34)17-5-7-20(27)21(29)11-17)19-3-1-2-14(23(19)28)12-31-16-8-9-30-13-16/h1-7,10-11,16,30-31H,8-9,12-13H2. The molecular formula is C25H20Cl3FN4O. The maximum absolute atomic E-state index is 14.4. The van der Waals surface area contributed by atoms with Gasteiger partial charge in [-0.05, 0) is 61.0 Å². The molecule has 0 bridgehead atoms. The van der Waals surface area contributed by atoms with Crippen molar-refractivity contribution in [2.24, 2.45) is 0 Å². The van der Waals surface area contributed by atoms with Crippen molar-refractivity contribution in [3.05, 3.63) is 91.4 Å². The Labute approximate surface area is 210 Å². The van der Waals surface area contributed by atoms with Gasteiger partial charge in [0.2, 0.25) is 0 Å². The summed E-state index contributed by atoms with van der Waals surface area (Å²) in [6.07, 6.45) is 1.05. The number of hydrogen-bond acceptors (Lipinski definition) is 4. The molecule has 2 N–H and O–H groups in total. The van der Waals surface area contributed by atoms with E-state index in [1.807, 2.05) is 12.1 Å². The van der Waals surface area contributed by atoms with E-state index >= 15 is 0 Å². The Hall–Kier alpha value is -2.48. The zero-order valence-corrected chi connectivity index (χ0v) is 20.2. The van der Waals surface area contributed by atoms with E-state index < -0.39 is 5.82 Å². The molecule has 0 amide bonds. The molecule has 2 heterocycles. The first-order valence-electron chi connectivity index (χ1n) is 10.8. The van der Waals surface area contributed by atoms with Crippen molar-refractivity contribution in [1.29, 1.82) is 0 Å². The molecule has 34 heavy (non-hydrogen) atoms. The van der Waals surface area contributed by atoms with Gasteiger partial charge in [0.1, 0.15) is 11.6 Å². The Kier molecular flexibility index (Phi) is 6.60. The second kappa shape index (κ2) is 9.64. The third-order valence-electron chi connectivity index (χ3n) is 5.95. The summed E-state index contributed by atoms with van der Waals surface area (Å²) < 4.78 is 15.7. The number of nitrogens with one attached hydrogen (secondary N) is 2. The van der Waals surface area contributed by atoms with E-state index in [2.05, 4.69) is 10.6 Å². The number of aromatic nitrogens is 2. The van der Waals surface area contributed by atoms with Crippen LogP contribution in [0.3, 0.4) is 0 Å². The van der Waals surface area contributed by atoms with Crippen LogP contribution in [0.25, 0.3) is 28.0 Å². The highest BCUT2D eigenvalue weighted by molar-refractivity contribution is 6.34. The molecule has 5 rings (SSSR count). The predicted octanol–water partition coefficient (Wildman–Crippen LogP) is 5.60. The van der Waals surface area contributed by atoms with E-state index in [4.69, 9.17) is 39.8 Å². The minimum atomic E-state index is -0.637. The van der Waals surface area contributed by atoms with Gasteiger partial charge < -0.3 is 10.6 Å². The monoisotopic (exact) mass is 516 g/mol. The van der Waals surface area contributed by atoms with Crippen LogP contribution in [0.1, 0.15) is 12.0 Å². The van der Waals surface area contributed by atoms with Gasteiger partial charge >= 0.3 is 0 Å². The van der Waals surface area contributed by atoms with Crippen LogP contribution in [0, 0.1) is 5.82 Å². The van der Waals surface area contributed by atoms with Gasteiger partial charge in [-0.1, -0.05) is 46.9 Å². The van der Waals surface area contributed by atoms with Crippen LogP contribution in [-0.4, -0.2) is 28.7 Å². The fourth-order valence-corrected chi connectivity index (χ4v) is 4.74. The number of hydrogen-bond donors (Lipinski definition) is 2. The lowest BCUT2D eigenvalue weighted by Gasteiger charge is -2.17. The number of halogens is 4. The summed E-state index contributed by atoms with van der Waals surface area (Å²) in [5, 5.41) is 8.08. The van der Waals surface area contributed by atoms with Crippen LogP contribution in [0.15, 0.2) is 59.4 Å². The first-order valence-corrected chi connectivity index (χ1v) is 12.0. The van der Waals surface area contributed by atoms with E-state index in [-0.39, 0.29) is 16.4 Å². The Morgan fingerprint density at radius 2 is 1.97 bits per heavy atom. The summed E-state index contributed by atoms with van der Waals surface area (Å²) >= 11 is 18.9. The van der Waals surface area contributed by atoms with Crippen LogP contribution in [0.4, 0.5) is 4.39 Å². The normalized spacial score (nSPS) is 15.8. The second-order valence-corrected chi connectivity index (χ2v) is 9.41. The highest BCUT2D eigenvalue weighted by atomic mass is 35.5.